The standard InChI is InChI=1S/C16H21ClN4O.ClH/c1-3-16(18,4-2)11-19-15(22)12-9-20-21(10-12)14-7-5-13(17)6-8-14;/h5-10H,3-4,11,18H2,1-2H3,(H,19,22);1H. The molecule has 126 valence electrons. The van der Waals surface area contributed by atoms with E-state index in [2.05, 4.69) is 10.4 Å². The number of amides is 1. The lowest BCUT2D eigenvalue weighted by Gasteiger charge is -2.26. The SMILES string of the molecule is CCC(N)(CC)CNC(=O)c1cnn(-c2ccc(Cl)cc2)c1.Cl. The van der Waals surface area contributed by atoms with Crippen LogP contribution in [0.3, 0.4) is 0 Å². The van der Waals surface area contributed by atoms with Crippen LogP contribution in [0.4, 0.5) is 0 Å². The van der Waals surface area contributed by atoms with Crippen molar-refractivity contribution in [3.63, 3.8) is 0 Å². The predicted molar refractivity (Wildman–Crippen MR) is 95.7 cm³/mol. The smallest absolute Gasteiger partial charge is 0.254 e. The zero-order chi connectivity index (χ0) is 16.2. The second-order valence-corrected chi connectivity index (χ2v) is 5.84. The van der Waals surface area contributed by atoms with Crippen molar-refractivity contribution in [1.82, 2.24) is 15.1 Å². The first-order chi connectivity index (χ1) is 10.5. The average Bonchev–Trinajstić information content (AvgIpc) is 3.03. The van der Waals surface area contributed by atoms with Crippen LogP contribution in [-0.4, -0.2) is 27.8 Å². The fourth-order valence-electron chi connectivity index (χ4n) is 2.03. The Morgan fingerprint density at radius 1 is 1.30 bits per heavy atom. The normalized spacial score (nSPS) is 11.0. The number of rotatable bonds is 6. The number of hydrogen-bond acceptors (Lipinski definition) is 3. The van der Waals surface area contributed by atoms with Crippen LogP contribution >= 0.6 is 24.0 Å². The molecule has 7 heteroatoms. The molecule has 0 radical (unpaired) electrons. The van der Waals surface area contributed by atoms with Crippen LogP contribution in [0.15, 0.2) is 36.7 Å². The van der Waals surface area contributed by atoms with E-state index >= 15 is 0 Å². The molecule has 1 aromatic carbocycles. The van der Waals surface area contributed by atoms with Gasteiger partial charge in [0.25, 0.3) is 5.91 Å². The lowest BCUT2D eigenvalue weighted by atomic mass is 9.94. The first kappa shape index (κ1) is 19.5. The summed E-state index contributed by atoms with van der Waals surface area (Å²) in [6.45, 7) is 4.49. The van der Waals surface area contributed by atoms with E-state index in [1.807, 2.05) is 26.0 Å². The largest absolute Gasteiger partial charge is 0.350 e. The number of carbonyl (C=O) groups is 1. The molecule has 0 saturated heterocycles. The Morgan fingerprint density at radius 3 is 2.48 bits per heavy atom. The van der Waals surface area contributed by atoms with E-state index in [9.17, 15) is 4.79 Å². The minimum Gasteiger partial charge on any atom is -0.350 e. The summed E-state index contributed by atoms with van der Waals surface area (Å²) in [7, 11) is 0. The van der Waals surface area contributed by atoms with Gasteiger partial charge < -0.3 is 11.1 Å². The molecule has 0 aliphatic rings. The quantitative estimate of drug-likeness (QED) is 0.834. The summed E-state index contributed by atoms with van der Waals surface area (Å²) in [4.78, 5) is 12.2. The van der Waals surface area contributed by atoms with Crippen molar-refractivity contribution < 1.29 is 4.79 Å². The van der Waals surface area contributed by atoms with E-state index in [1.165, 1.54) is 0 Å². The van der Waals surface area contributed by atoms with Gasteiger partial charge in [0.15, 0.2) is 0 Å². The monoisotopic (exact) mass is 356 g/mol. The summed E-state index contributed by atoms with van der Waals surface area (Å²) in [5.74, 6) is -0.170. The third-order valence-corrected chi connectivity index (χ3v) is 4.20. The molecule has 0 aliphatic heterocycles. The highest BCUT2D eigenvalue weighted by Gasteiger charge is 2.21. The molecular formula is C16H22Cl2N4O. The topological polar surface area (TPSA) is 72.9 Å². The molecule has 5 nitrogen and oxygen atoms in total. The first-order valence-corrected chi connectivity index (χ1v) is 7.73. The third-order valence-electron chi connectivity index (χ3n) is 3.95. The lowest BCUT2D eigenvalue weighted by Crippen LogP contribution is -2.49. The second kappa shape index (κ2) is 8.34. The number of benzene rings is 1. The molecular weight excluding hydrogens is 335 g/mol. The number of hydrogen-bond donors (Lipinski definition) is 2. The number of halogens is 2. The summed E-state index contributed by atoms with van der Waals surface area (Å²) in [5.41, 5.74) is 7.18. The van der Waals surface area contributed by atoms with Gasteiger partial charge >= 0.3 is 0 Å². The predicted octanol–water partition coefficient (Wildman–Crippen LogP) is 3.19. The number of aromatic nitrogens is 2. The van der Waals surface area contributed by atoms with E-state index in [4.69, 9.17) is 17.3 Å². The van der Waals surface area contributed by atoms with Gasteiger partial charge in [-0.15, -0.1) is 12.4 Å². The fourth-order valence-corrected chi connectivity index (χ4v) is 2.16. The number of nitrogens with zero attached hydrogens (tertiary/aromatic N) is 2. The number of nitrogens with two attached hydrogens (primary N) is 1. The molecule has 3 N–H and O–H groups in total. The lowest BCUT2D eigenvalue weighted by molar-refractivity contribution is 0.0942. The van der Waals surface area contributed by atoms with E-state index in [0.717, 1.165) is 18.5 Å². The first-order valence-electron chi connectivity index (χ1n) is 7.35. The van der Waals surface area contributed by atoms with Crippen molar-refractivity contribution in [2.24, 2.45) is 5.73 Å². The minimum absolute atomic E-state index is 0. The maximum absolute atomic E-state index is 12.2. The molecule has 0 spiro atoms. The zero-order valence-corrected chi connectivity index (χ0v) is 14.8. The Hall–Kier alpha value is -1.56. The Morgan fingerprint density at radius 2 is 1.91 bits per heavy atom. The van der Waals surface area contributed by atoms with Crippen molar-refractivity contribution >= 4 is 29.9 Å². The Bertz CT molecular complexity index is 636. The Kier molecular flexibility index (Phi) is 7.06. The van der Waals surface area contributed by atoms with Gasteiger partial charge in [0.2, 0.25) is 0 Å². The van der Waals surface area contributed by atoms with Gasteiger partial charge in [0.05, 0.1) is 17.4 Å². The van der Waals surface area contributed by atoms with E-state index in [0.29, 0.717) is 17.1 Å². The zero-order valence-electron chi connectivity index (χ0n) is 13.3. The highest BCUT2D eigenvalue weighted by Crippen LogP contribution is 2.14. The van der Waals surface area contributed by atoms with Crippen LogP contribution in [0.2, 0.25) is 5.02 Å². The summed E-state index contributed by atoms with van der Waals surface area (Å²) < 4.78 is 1.64. The van der Waals surface area contributed by atoms with Crippen molar-refractivity contribution in [1.29, 1.82) is 0 Å². The molecule has 0 atom stereocenters. The fraction of sp³-hybridized carbons (Fsp3) is 0.375. The van der Waals surface area contributed by atoms with Crippen LogP contribution in [-0.2, 0) is 0 Å². The number of carbonyl (C=O) groups excluding carboxylic acids is 1. The third kappa shape index (κ3) is 4.96. The van der Waals surface area contributed by atoms with Gasteiger partial charge in [-0.2, -0.15) is 5.10 Å². The minimum atomic E-state index is -0.359. The molecule has 0 aliphatic carbocycles. The van der Waals surface area contributed by atoms with Gasteiger partial charge in [-0.25, -0.2) is 4.68 Å². The highest BCUT2D eigenvalue weighted by atomic mass is 35.5. The van der Waals surface area contributed by atoms with Crippen LogP contribution in [0, 0.1) is 0 Å². The van der Waals surface area contributed by atoms with Crippen molar-refractivity contribution in [2.45, 2.75) is 32.2 Å². The summed E-state index contributed by atoms with van der Waals surface area (Å²) >= 11 is 5.86. The van der Waals surface area contributed by atoms with Gasteiger partial charge in [-0.05, 0) is 37.1 Å². The van der Waals surface area contributed by atoms with Crippen LogP contribution in [0.25, 0.3) is 5.69 Å². The molecule has 2 rings (SSSR count). The Balaban J connectivity index is 0.00000264. The highest BCUT2D eigenvalue weighted by molar-refractivity contribution is 6.30. The Labute approximate surface area is 147 Å². The van der Waals surface area contributed by atoms with E-state index in [1.54, 1.807) is 29.2 Å². The van der Waals surface area contributed by atoms with E-state index < -0.39 is 0 Å². The average molecular weight is 357 g/mol. The van der Waals surface area contributed by atoms with Crippen LogP contribution in [0.1, 0.15) is 37.0 Å². The summed E-state index contributed by atoms with van der Waals surface area (Å²) in [6.07, 6.45) is 4.86. The molecule has 2 aromatic rings. The molecule has 0 saturated carbocycles. The van der Waals surface area contributed by atoms with Crippen molar-refractivity contribution in [2.75, 3.05) is 6.54 Å². The molecule has 1 amide bonds. The second-order valence-electron chi connectivity index (χ2n) is 5.40. The van der Waals surface area contributed by atoms with Crippen molar-refractivity contribution in [3.8, 4) is 5.69 Å². The molecule has 0 bridgehead atoms. The summed E-state index contributed by atoms with van der Waals surface area (Å²) in [5, 5.41) is 7.74. The van der Waals surface area contributed by atoms with Gasteiger partial charge in [0.1, 0.15) is 0 Å². The van der Waals surface area contributed by atoms with Gasteiger partial charge in [-0.3, -0.25) is 4.79 Å². The number of nitrogens with one attached hydrogen (secondary N) is 1. The summed E-state index contributed by atoms with van der Waals surface area (Å²) in [6, 6.07) is 7.25. The van der Waals surface area contributed by atoms with Crippen LogP contribution < -0.4 is 11.1 Å². The molecule has 0 unspecified atom stereocenters. The molecule has 1 heterocycles. The van der Waals surface area contributed by atoms with Gasteiger partial charge in [-0.1, -0.05) is 25.4 Å². The molecule has 23 heavy (non-hydrogen) atoms. The maximum Gasteiger partial charge on any atom is 0.254 e. The molecule has 0 fully saturated rings. The maximum atomic E-state index is 12.2. The van der Waals surface area contributed by atoms with Crippen molar-refractivity contribution in [3.05, 3.63) is 47.2 Å². The van der Waals surface area contributed by atoms with Gasteiger partial charge in [0, 0.05) is 23.3 Å². The van der Waals surface area contributed by atoms with E-state index in [-0.39, 0.29) is 23.9 Å². The van der Waals surface area contributed by atoms with Crippen LogP contribution in [0.5, 0.6) is 0 Å². The molecule has 1 aromatic heterocycles.